The minimum atomic E-state index is 0.428. The number of aromatic amines is 1. The van der Waals surface area contributed by atoms with Crippen LogP contribution in [0.2, 0.25) is 0 Å². The predicted molar refractivity (Wildman–Crippen MR) is 111 cm³/mol. The van der Waals surface area contributed by atoms with Crippen LogP contribution in [0.3, 0.4) is 0 Å². The Kier molecular flexibility index (Phi) is 6.32. The van der Waals surface area contributed by atoms with Crippen molar-refractivity contribution in [3.8, 4) is 22.5 Å². The average molecular weight is 402 g/mol. The number of amides is 1. The molecule has 10 heteroatoms. The van der Waals surface area contributed by atoms with E-state index in [1.54, 1.807) is 18.8 Å². The minimum absolute atomic E-state index is 0.428. The summed E-state index contributed by atoms with van der Waals surface area (Å²) in [6.07, 6.45) is 0.654. The van der Waals surface area contributed by atoms with Crippen LogP contribution in [0.5, 0.6) is 0 Å². The SMILES string of the molecule is CNc1cccc(-c2ccc(SCCN)c(S)c2-c2nn[nH]n2)c1NC=O. The summed E-state index contributed by atoms with van der Waals surface area (Å²) in [5.74, 6) is 1.20. The highest BCUT2D eigenvalue weighted by molar-refractivity contribution is 7.99. The molecule has 0 aliphatic rings. The van der Waals surface area contributed by atoms with Crippen LogP contribution in [0, 0.1) is 0 Å². The van der Waals surface area contributed by atoms with E-state index in [4.69, 9.17) is 18.4 Å². The van der Waals surface area contributed by atoms with Gasteiger partial charge in [-0.2, -0.15) is 5.21 Å². The zero-order valence-corrected chi connectivity index (χ0v) is 16.3. The molecule has 1 heterocycles. The van der Waals surface area contributed by atoms with Gasteiger partial charge in [-0.05, 0) is 22.9 Å². The van der Waals surface area contributed by atoms with Gasteiger partial charge in [0.1, 0.15) is 0 Å². The topological polar surface area (TPSA) is 122 Å². The fourth-order valence-electron chi connectivity index (χ4n) is 2.78. The smallest absolute Gasteiger partial charge is 0.211 e. The summed E-state index contributed by atoms with van der Waals surface area (Å²) >= 11 is 6.35. The molecule has 1 aromatic heterocycles. The molecule has 27 heavy (non-hydrogen) atoms. The van der Waals surface area contributed by atoms with Crippen molar-refractivity contribution in [2.45, 2.75) is 9.79 Å². The van der Waals surface area contributed by atoms with Crippen LogP contribution in [-0.2, 0) is 4.79 Å². The Morgan fingerprint density at radius 1 is 1.30 bits per heavy atom. The van der Waals surface area contributed by atoms with E-state index >= 15 is 0 Å². The maximum Gasteiger partial charge on any atom is 0.211 e. The number of benzene rings is 2. The predicted octanol–water partition coefficient (Wildman–Crippen LogP) is 2.48. The minimum Gasteiger partial charge on any atom is -0.386 e. The first kappa shape index (κ1) is 19.2. The van der Waals surface area contributed by atoms with Crippen LogP contribution in [0.15, 0.2) is 40.1 Å². The number of nitrogens with one attached hydrogen (secondary N) is 3. The van der Waals surface area contributed by atoms with Gasteiger partial charge < -0.3 is 16.4 Å². The Morgan fingerprint density at radius 2 is 2.15 bits per heavy atom. The highest BCUT2D eigenvalue weighted by atomic mass is 32.2. The van der Waals surface area contributed by atoms with Crippen molar-refractivity contribution in [2.24, 2.45) is 5.73 Å². The number of carbonyl (C=O) groups is 1. The molecule has 0 saturated heterocycles. The van der Waals surface area contributed by atoms with Crippen molar-refractivity contribution in [1.29, 1.82) is 0 Å². The van der Waals surface area contributed by atoms with Crippen molar-refractivity contribution in [1.82, 2.24) is 20.6 Å². The normalized spacial score (nSPS) is 10.6. The molecular weight excluding hydrogens is 382 g/mol. The largest absolute Gasteiger partial charge is 0.386 e. The van der Waals surface area contributed by atoms with Crippen LogP contribution in [0.25, 0.3) is 22.5 Å². The molecule has 0 fully saturated rings. The number of aromatic nitrogens is 4. The Morgan fingerprint density at radius 3 is 2.81 bits per heavy atom. The van der Waals surface area contributed by atoms with E-state index in [1.165, 1.54) is 0 Å². The van der Waals surface area contributed by atoms with Gasteiger partial charge in [0.25, 0.3) is 0 Å². The zero-order chi connectivity index (χ0) is 19.2. The van der Waals surface area contributed by atoms with Gasteiger partial charge in [0.15, 0.2) is 0 Å². The number of thiol groups is 1. The number of carbonyl (C=O) groups excluding carboxylic acids is 1. The highest BCUT2D eigenvalue weighted by Gasteiger charge is 2.20. The molecular formula is C17H19N7OS2. The standard InChI is InChI=1S/C17H19N7OS2/c1-19-12-4-2-3-11(15(12)20-9-25)10-5-6-13(27-8-7-18)16(26)14(10)17-21-23-24-22-17/h2-6,9,19,26H,7-8,18H2,1H3,(H,20,25)(H,21,22,23,24). The van der Waals surface area contributed by atoms with Gasteiger partial charge in [0, 0.05) is 40.3 Å². The third-order valence-corrected chi connectivity index (χ3v) is 5.62. The summed E-state index contributed by atoms with van der Waals surface area (Å²) in [5, 5.41) is 20.3. The number of tetrazole rings is 1. The van der Waals surface area contributed by atoms with E-state index in [1.807, 2.05) is 30.3 Å². The molecule has 140 valence electrons. The maximum atomic E-state index is 11.2. The van der Waals surface area contributed by atoms with Crippen LogP contribution in [0.4, 0.5) is 11.4 Å². The lowest BCUT2D eigenvalue weighted by Crippen LogP contribution is -2.03. The number of nitrogens with zero attached hydrogens (tertiary/aromatic N) is 3. The third kappa shape index (κ3) is 3.92. The molecule has 2 aromatic carbocycles. The Bertz CT molecular complexity index is 931. The second kappa shape index (κ2) is 8.89. The zero-order valence-electron chi connectivity index (χ0n) is 14.6. The second-order valence-corrected chi connectivity index (χ2v) is 7.03. The first-order valence-electron chi connectivity index (χ1n) is 8.15. The van der Waals surface area contributed by atoms with Gasteiger partial charge in [0.05, 0.1) is 11.4 Å². The van der Waals surface area contributed by atoms with E-state index < -0.39 is 0 Å². The van der Waals surface area contributed by atoms with Gasteiger partial charge in [-0.3, -0.25) is 4.79 Å². The van der Waals surface area contributed by atoms with Crippen molar-refractivity contribution in [3.63, 3.8) is 0 Å². The molecule has 0 unspecified atom stereocenters. The quantitative estimate of drug-likeness (QED) is 0.223. The van der Waals surface area contributed by atoms with E-state index in [2.05, 4.69) is 31.3 Å². The summed E-state index contributed by atoms with van der Waals surface area (Å²) in [7, 11) is 1.80. The number of anilines is 2. The molecule has 5 N–H and O–H groups in total. The first-order chi connectivity index (χ1) is 13.2. The number of thioether (sulfide) groups is 1. The van der Waals surface area contributed by atoms with Crippen molar-refractivity contribution in [2.75, 3.05) is 30.0 Å². The van der Waals surface area contributed by atoms with Crippen LogP contribution in [0.1, 0.15) is 0 Å². The lowest BCUT2D eigenvalue weighted by atomic mass is 9.96. The van der Waals surface area contributed by atoms with Gasteiger partial charge in [-0.15, -0.1) is 34.6 Å². The summed E-state index contributed by atoms with van der Waals surface area (Å²) in [6.45, 7) is 0.564. The third-order valence-electron chi connectivity index (χ3n) is 3.91. The molecule has 0 aliphatic heterocycles. The van der Waals surface area contributed by atoms with Crippen LogP contribution in [-0.4, -0.2) is 46.4 Å². The second-order valence-electron chi connectivity index (χ2n) is 5.45. The number of rotatable bonds is 8. The van der Waals surface area contributed by atoms with E-state index in [0.717, 1.165) is 37.9 Å². The van der Waals surface area contributed by atoms with Gasteiger partial charge >= 0.3 is 0 Å². The summed E-state index contributed by atoms with van der Waals surface area (Å²) in [5.41, 5.74) is 9.47. The molecule has 0 aliphatic carbocycles. The summed E-state index contributed by atoms with van der Waals surface area (Å²) in [4.78, 5) is 12.9. The van der Waals surface area contributed by atoms with Crippen LogP contribution >= 0.6 is 24.4 Å². The average Bonchev–Trinajstić information content (AvgIpc) is 3.21. The molecule has 8 nitrogen and oxygen atoms in total. The number of hydrogen-bond donors (Lipinski definition) is 5. The Labute approximate surface area is 166 Å². The van der Waals surface area contributed by atoms with Crippen molar-refractivity contribution >= 4 is 42.2 Å². The molecule has 0 spiro atoms. The fourth-order valence-corrected chi connectivity index (χ4v) is 4.00. The lowest BCUT2D eigenvalue weighted by molar-refractivity contribution is -0.105. The summed E-state index contributed by atoms with van der Waals surface area (Å²) < 4.78 is 0. The van der Waals surface area contributed by atoms with Crippen molar-refractivity contribution < 1.29 is 4.79 Å². The first-order valence-corrected chi connectivity index (χ1v) is 9.58. The monoisotopic (exact) mass is 401 g/mol. The highest BCUT2D eigenvalue weighted by Crippen LogP contribution is 2.43. The van der Waals surface area contributed by atoms with Crippen molar-refractivity contribution in [3.05, 3.63) is 30.3 Å². The van der Waals surface area contributed by atoms with Crippen LogP contribution < -0.4 is 16.4 Å². The molecule has 0 atom stereocenters. The maximum absolute atomic E-state index is 11.2. The van der Waals surface area contributed by atoms with Gasteiger partial charge in [0.2, 0.25) is 12.2 Å². The van der Waals surface area contributed by atoms with E-state index in [0.29, 0.717) is 24.5 Å². The number of nitrogens with two attached hydrogens (primary N) is 1. The molecule has 0 saturated carbocycles. The fraction of sp³-hybridized carbons (Fsp3) is 0.176. The summed E-state index contributed by atoms with van der Waals surface area (Å²) in [6, 6.07) is 9.67. The Hall–Kier alpha value is -2.56. The number of para-hydroxylation sites is 1. The number of hydrogen-bond acceptors (Lipinski definition) is 8. The van der Waals surface area contributed by atoms with Gasteiger partial charge in [-0.25, -0.2) is 0 Å². The molecule has 3 aromatic rings. The Balaban J connectivity index is 2.25. The van der Waals surface area contributed by atoms with E-state index in [-0.39, 0.29) is 0 Å². The molecule has 0 bridgehead atoms. The van der Waals surface area contributed by atoms with Gasteiger partial charge in [-0.1, -0.05) is 18.2 Å². The molecule has 3 rings (SSSR count). The molecule has 0 radical (unpaired) electrons. The van der Waals surface area contributed by atoms with E-state index in [9.17, 15) is 4.79 Å². The number of H-pyrrole nitrogens is 1. The molecule has 1 amide bonds. The lowest BCUT2D eigenvalue weighted by Gasteiger charge is -2.18.